The Bertz CT molecular complexity index is 925. The smallest absolute Gasteiger partial charge is 0.0891 e. The minimum Gasteiger partial charge on any atom is -0.411 e. The van der Waals surface area contributed by atoms with Crippen molar-refractivity contribution in [2.75, 3.05) is 0 Å². The van der Waals surface area contributed by atoms with E-state index in [9.17, 15) is 5.21 Å². The zero-order valence-electron chi connectivity index (χ0n) is 12.8. The third-order valence-corrected chi connectivity index (χ3v) is 4.60. The molecule has 1 heterocycles. The van der Waals surface area contributed by atoms with Gasteiger partial charge in [0.1, 0.15) is 0 Å². The van der Waals surface area contributed by atoms with E-state index in [2.05, 4.69) is 60.4 Å². The molecule has 0 radical (unpaired) electrons. The molecule has 0 spiro atoms. The molecule has 4 rings (SSSR count). The zero-order valence-corrected chi connectivity index (χ0v) is 12.8. The summed E-state index contributed by atoms with van der Waals surface area (Å²) in [6, 6.07) is 12.6. The minimum absolute atomic E-state index is 0.0831. The van der Waals surface area contributed by atoms with E-state index in [-0.39, 0.29) is 5.41 Å². The van der Waals surface area contributed by atoms with Crippen LogP contribution in [0.1, 0.15) is 31.4 Å². The lowest BCUT2D eigenvalue weighted by molar-refractivity contribution is 0.307. The van der Waals surface area contributed by atoms with Gasteiger partial charge in [0.2, 0.25) is 0 Å². The third kappa shape index (κ3) is 1.89. The second-order valence-electron chi connectivity index (χ2n) is 6.90. The molecule has 3 nitrogen and oxygen atoms in total. The summed E-state index contributed by atoms with van der Waals surface area (Å²) < 4.78 is 0. The number of nitrogens with zero attached hydrogens (tertiary/aromatic N) is 2. The van der Waals surface area contributed by atoms with Gasteiger partial charge in [-0.3, -0.25) is 4.98 Å². The van der Waals surface area contributed by atoms with Gasteiger partial charge < -0.3 is 5.21 Å². The molecule has 110 valence electrons. The van der Waals surface area contributed by atoms with Gasteiger partial charge in [0.05, 0.1) is 11.2 Å². The summed E-state index contributed by atoms with van der Waals surface area (Å²) in [7, 11) is 0. The molecule has 1 N–H and O–H groups in total. The Balaban J connectivity index is 2.17. The van der Waals surface area contributed by atoms with Gasteiger partial charge in [0, 0.05) is 17.1 Å². The van der Waals surface area contributed by atoms with Gasteiger partial charge in [-0.05, 0) is 40.7 Å². The fraction of sp³-hybridized carbons (Fsp3) is 0.263. The molecule has 0 amide bonds. The first-order valence-corrected chi connectivity index (χ1v) is 7.60. The summed E-state index contributed by atoms with van der Waals surface area (Å²) in [5.74, 6) is 0. The monoisotopic (exact) mass is 290 g/mol. The number of fused-ring (bicyclic) bond motifs is 5. The molecule has 0 aliphatic heterocycles. The van der Waals surface area contributed by atoms with E-state index in [1.54, 1.807) is 0 Å². The highest BCUT2D eigenvalue weighted by Gasteiger charge is 2.31. The molecule has 0 saturated carbocycles. The van der Waals surface area contributed by atoms with Crippen LogP contribution >= 0.6 is 0 Å². The fourth-order valence-electron chi connectivity index (χ4n) is 3.64. The topological polar surface area (TPSA) is 45.5 Å². The first-order chi connectivity index (χ1) is 10.6. The largest absolute Gasteiger partial charge is 0.411 e. The normalized spacial score (nSPS) is 18.7. The van der Waals surface area contributed by atoms with E-state index in [1.807, 2.05) is 6.20 Å². The van der Waals surface area contributed by atoms with Gasteiger partial charge in [-0.2, -0.15) is 0 Å². The zero-order chi connectivity index (χ0) is 15.3. The average Bonchev–Trinajstić information content (AvgIpc) is 2.52. The second-order valence-corrected chi connectivity index (χ2v) is 6.90. The van der Waals surface area contributed by atoms with Gasteiger partial charge in [-0.15, -0.1) is 0 Å². The maximum absolute atomic E-state index is 9.42. The number of oxime groups is 1. The Kier molecular flexibility index (Phi) is 2.73. The SMILES string of the molecule is CC1(C)C/C(=N/O)c2cnc3ccc4ccccc4c3c2C1. The van der Waals surface area contributed by atoms with Gasteiger partial charge >= 0.3 is 0 Å². The molecule has 2 aromatic carbocycles. The van der Waals surface area contributed by atoms with Crippen molar-refractivity contribution in [2.45, 2.75) is 26.7 Å². The Morgan fingerprint density at radius 3 is 2.73 bits per heavy atom. The molecular formula is C19H18N2O. The second kappa shape index (κ2) is 4.54. The Labute approximate surface area is 129 Å². The summed E-state index contributed by atoms with van der Waals surface area (Å²) in [5, 5.41) is 16.6. The van der Waals surface area contributed by atoms with E-state index in [0.717, 1.165) is 29.6 Å². The van der Waals surface area contributed by atoms with E-state index < -0.39 is 0 Å². The lowest BCUT2D eigenvalue weighted by Gasteiger charge is -2.32. The molecule has 0 fully saturated rings. The first kappa shape index (κ1) is 13.3. The first-order valence-electron chi connectivity index (χ1n) is 7.60. The molecule has 3 heteroatoms. The average molecular weight is 290 g/mol. The predicted molar refractivity (Wildman–Crippen MR) is 89.7 cm³/mol. The number of hydrogen-bond donors (Lipinski definition) is 1. The Hall–Kier alpha value is -2.42. The van der Waals surface area contributed by atoms with Crippen molar-refractivity contribution >= 4 is 27.4 Å². The fourth-order valence-corrected chi connectivity index (χ4v) is 3.64. The number of benzene rings is 2. The van der Waals surface area contributed by atoms with Crippen LogP contribution in [0.4, 0.5) is 0 Å². The number of rotatable bonds is 0. The Morgan fingerprint density at radius 2 is 1.91 bits per heavy atom. The molecule has 0 saturated heterocycles. The molecule has 22 heavy (non-hydrogen) atoms. The highest BCUT2D eigenvalue weighted by Crippen LogP contribution is 2.39. The molecule has 0 unspecified atom stereocenters. The minimum atomic E-state index is 0.0831. The van der Waals surface area contributed by atoms with Crippen LogP contribution in [0.5, 0.6) is 0 Å². The maximum Gasteiger partial charge on any atom is 0.0891 e. The standard InChI is InChI=1S/C19H18N2O/c1-19(2)9-14-15(17(10-19)21-22)11-20-16-8-7-12-5-3-4-6-13(12)18(14)16/h3-8,11,22H,9-10H2,1-2H3/b21-17-. The highest BCUT2D eigenvalue weighted by molar-refractivity contribution is 6.13. The molecule has 1 aromatic heterocycles. The van der Waals surface area contributed by atoms with Crippen molar-refractivity contribution in [3.8, 4) is 0 Å². The Morgan fingerprint density at radius 1 is 1.09 bits per heavy atom. The van der Waals surface area contributed by atoms with Gasteiger partial charge in [-0.25, -0.2) is 0 Å². The van der Waals surface area contributed by atoms with Crippen LogP contribution in [0.15, 0.2) is 47.8 Å². The van der Waals surface area contributed by atoms with E-state index in [1.165, 1.54) is 21.7 Å². The third-order valence-electron chi connectivity index (χ3n) is 4.60. The summed E-state index contributed by atoms with van der Waals surface area (Å²) in [6.07, 6.45) is 3.60. The number of aromatic nitrogens is 1. The lowest BCUT2D eigenvalue weighted by Crippen LogP contribution is -2.28. The van der Waals surface area contributed by atoms with Crippen LogP contribution in [0, 0.1) is 5.41 Å². The van der Waals surface area contributed by atoms with Crippen LogP contribution in [-0.2, 0) is 6.42 Å². The van der Waals surface area contributed by atoms with Crippen molar-refractivity contribution in [2.24, 2.45) is 10.6 Å². The summed E-state index contributed by atoms with van der Waals surface area (Å²) in [5.41, 5.74) is 4.08. The van der Waals surface area contributed by atoms with Crippen LogP contribution in [0.2, 0.25) is 0 Å². The quantitative estimate of drug-likeness (QED) is 0.375. The summed E-state index contributed by atoms with van der Waals surface area (Å²) in [4.78, 5) is 4.60. The predicted octanol–water partition coefficient (Wildman–Crippen LogP) is 4.54. The maximum atomic E-state index is 9.42. The molecule has 1 aliphatic rings. The van der Waals surface area contributed by atoms with Gasteiger partial charge in [0.15, 0.2) is 0 Å². The highest BCUT2D eigenvalue weighted by atomic mass is 16.4. The van der Waals surface area contributed by atoms with Crippen LogP contribution in [0.3, 0.4) is 0 Å². The molecule has 0 atom stereocenters. The van der Waals surface area contributed by atoms with E-state index in [4.69, 9.17) is 0 Å². The van der Waals surface area contributed by atoms with E-state index >= 15 is 0 Å². The number of hydrogen-bond acceptors (Lipinski definition) is 3. The van der Waals surface area contributed by atoms with Crippen LogP contribution in [0.25, 0.3) is 21.7 Å². The molecular weight excluding hydrogens is 272 g/mol. The van der Waals surface area contributed by atoms with Crippen LogP contribution < -0.4 is 0 Å². The summed E-state index contributed by atoms with van der Waals surface area (Å²) in [6.45, 7) is 4.44. The van der Waals surface area contributed by atoms with Crippen molar-refractivity contribution < 1.29 is 5.21 Å². The van der Waals surface area contributed by atoms with E-state index in [0.29, 0.717) is 0 Å². The molecule has 3 aromatic rings. The molecule has 0 bridgehead atoms. The van der Waals surface area contributed by atoms with Crippen LogP contribution in [-0.4, -0.2) is 15.9 Å². The van der Waals surface area contributed by atoms with Crippen molar-refractivity contribution in [1.82, 2.24) is 4.98 Å². The van der Waals surface area contributed by atoms with Crippen molar-refractivity contribution in [3.05, 3.63) is 53.7 Å². The number of pyridine rings is 1. The van der Waals surface area contributed by atoms with Crippen molar-refractivity contribution in [1.29, 1.82) is 0 Å². The molecule has 1 aliphatic carbocycles. The van der Waals surface area contributed by atoms with Gasteiger partial charge in [0.25, 0.3) is 0 Å². The van der Waals surface area contributed by atoms with Crippen molar-refractivity contribution in [3.63, 3.8) is 0 Å². The summed E-state index contributed by atoms with van der Waals surface area (Å²) >= 11 is 0. The lowest BCUT2D eigenvalue weighted by atomic mass is 9.72. The van der Waals surface area contributed by atoms with Gasteiger partial charge in [-0.1, -0.05) is 49.3 Å².